The lowest BCUT2D eigenvalue weighted by molar-refractivity contribution is 0.214. The summed E-state index contributed by atoms with van der Waals surface area (Å²) in [7, 11) is 0. The molecule has 0 radical (unpaired) electrons. The molecular weight excluding hydrogens is 422 g/mol. The van der Waals surface area contributed by atoms with E-state index in [2.05, 4.69) is 31.9 Å². The molecule has 2 rings (SSSR count). The van der Waals surface area contributed by atoms with E-state index in [0.717, 1.165) is 0 Å². The second-order valence-corrected chi connectivity index (χ2v) is 6.41. The van der Waals surface area contributed by atoms with E-state index in [-0.39, 0.29) is 5.56 Å². The van der Waals surface area contributed by atoms with Crippen LogP contribution in [0.5, 0.6) is 0 Å². The summed E-state index contributed by atoms with van der Waals surface area (Å²) >= 11 is 18.2. The maximum Gasteiger partial charge on any atom is 0.130 e. The standard InChI is InChI=1S/C13H7Br2Cl2FO/c14-9-2-1-6(16)3-7(9)13(19)8-4-11(17)10(15)5-12(8)18/h1-5,13,19H. The summed E-state index contributed by atoms with van der Waals surface area (Å²) in [5.74, 6) is -0.546. The predicted octanol–water partition coefficient (Wildman–Crippen LogP) is 5.74. The van der Waals surface area contributed by atoms with E-state index in [1.54, 1.807) is 18.2 Å². The summed E-state index contributed by atoms with van der Waals surface area (Å²) in [5.41, 5.74) is 0.570. The number of hydrogen-bond acceptors (Lipinski definition) is 1. The highest BCUT2D eigenvalue weighted by molar-refractivity contribution is 9.10. The van der Waals surface area contributed by atoms with Gasteiger partial charge in [-0.2, -0.15) is 0 Å². The van der Waals surface area contributed by atoms with Gasteiger partial charge in [0.05, 0.1) is 5.02 Å². The Labute approximate surface area is 136 Å². The lowest BCUT2D eigenvalue weighted by Gasteiger charge is -2.15. The first kappa shape index (κ1) is 15.3. The molecule has 0 aromatic heterocycles. The number of aliphatic hydroxyl groups is 1. The Morgan fingerprint density at radius 3 is 2.37 bits per heavy atom. The van der Waals surface area contributed by atoms with Crippen molar-refractivity contribution in [2.45, 2.75) is 6.10 Å². The lowest BCUT2D eigenvalue weighted by atomic mass is 10.0. The maximum absolute atomic E-state index is 13.9. The molecule has 0 fully saturated rings. The maximum atomic E-state index is 13.9. The van der Waals surface area contributed by atoms with Crippen LogP contribution in [0.15, 0.2) is 39.3 Å². The van der Waals surface area contributed by atoms with Gasteiger partial charge in [-0.15, -0.1) is 0 Å². The van der Waals surface area contributed by atoms with Crippen molar-refractivity contribution in [3.8, 4) is 0 Å². The fourth-order valence-electron chi connectivity index (χ4n) is 1.64. The van der Waals surface area contributed by atoms with Crippen molar-refractivity contribution in [3.63, 3.8) is 0 Å². The SMILES string of the molecule is OC(c1cc(Cl)c(Br)cc1F)c1cc(Cl)ccc1Br. The van der Waals surface area contributed by atoms with Crippen molar-refractivity contribution < 1.29 is 9.50 Å². The number of halogens is 5. The molecule has 2 aromatic carbocycles. The second-order valence-electron chi connectivity index (χ2n) is 3.86. The quantitative estimate of drug-likeness (QED) is 0.605. The van der Waals surface area contributed by atoms with Crippen molar-refractivity contribution in [2.75, 3.05) is 0 Å². The van der Waals surface area contributed by atoms with Crippen LogP contribution in [-0.4, -0.2) is 5.11 Å². The summed E-state index contributed by atoms with van der Waals surface area (Å²) < 4.78 is 15.0. The summed E-state index contributed by atoms with van der Waals surface area (Å²) in [5, 5.41) is 11.1. The van der Waals surface area contributed by atoms with E-state index in [0.29, 0.717) is 24.6 Å². The van der Waals surface area contributed by atoms with Gasteiger partial charge in [0.25, 0.3) is 0 Å². The molecule has 1 N–H and O–H groups in total. The average molecular weight is 429 g/mol. The first-order valence-corrected chi connectivity index (χ1v) is 7.52. The van der Waals surface area contributed by atoms with Crippen LogP contribution < -0.4 is 0 Å². The minimum atomic E-state index is -1.15. The molecule has 1 atom stereocenters. The Balaban J connectivity index is 2.52. The molecule has 0 aliphatic heterocycles. The summed E-state index contributed by atoms with van der Waals surface area (Å²) in [6.45, 7) is 0. The van der Waals surface area contributed by atoms with Crippen LogP contribution in [-0.2, 0) is 0 Å². The molecular formula is C13H7Br2Cl2FO. The molecule has 0 aliphatic carbocycles. The second kappa shape index (κ2) is 6.10. The fourth-order valence-corrected chi connectivity index (χ4v) is 2.77. The van der Waals surface area contributed by atoms with Crippen LogP contribution in [0.3, 0.4) is 0 Å². The Kier molecular flexibility index (Phi) is 4.90. The summed E-state index contributed by atoms with van der Waals surface area (Å²) in [6, 6.07) is 7.55. The van der Waals surface area contributed by atoms with Crippen LogP contribution in [0, 0.1) is 5.82 Å². The lowest BCUT2D eigenvalue weighted by Crippen LogP contribution is -2.04. The monoisotopic (exact) mass is 426 g/mol. The smallest absolute Gasteiger partial charge is 0.130 e. The van der Waals surface area contributed by atoms with Gasteiger partial charge in [-0.25, -0.2) is 4.39 Å². The van der Waals surface area contributed by atoms with Gasteiger partial charge in [0.1, 0.15) is 11.9 Å². The van der Waals surface area contributed by atoms with Gasteiger partial charge in [0.15, 0.2) is 0 Å². The zero-order chi connectivity index (χ0) is 14.2. The third kappa shape index (κ3) is 3.31. The van der Waals surface area contributed by atoms with Crippen LogP contribution in [0.25, 0.3) is 0 Å². The van der Waals surface area contributed by atoms with Crippen LogP contribution >= 0.6 is 55.1 Å². The molecule has 2 aromatic rings. The Bertz CT molecular complexity index is 634. The zero-order valence-corrected chi connectivity index (χ0v) is 14.0. The van der Waals surface area contributed by atoms with Crippen LogP contribution in [0.1, 0.15) is 17.2 Å². The van der Waals surface area contributed by atoms with Gasteiger partial charge in [-0.05, 0) is 46.3 Å². The number of hydrogen-bond donors (Lipinski definition) is 1. The normalized spacial score (nSPS) is 12.5. The first-order valence-electron chi connectivity index (χ1n) is 5.17. The highest BCUT2D eigenvalue weighted by Gasteiger charge is 2.19. The molecule has 0 aliphatic rings. The van der Waals surface area contributed by atoms with Crippen LogP contribution in [0.4, 0.5) is 4.39 Å². The number of benzene rings is 2. The largest absolute Gasteiger partial charge is 0.384 e. The van der Waals surface area contributed by atoms with Gasteiger partial charge < -0.3 is 5.11 Å². The number of aliphatic hydroxyl groups excluding tert-OH is 1. The van der Waals surface area contributed by atoms with Crippen molar-refractivity contribution >= 4 is 55.1 Å². The molecule has 0 amide bonds. The molecule has 19 heavy (non-hydrogen) atoms. The summed E-state index contributed by atoms with van der Waals surface area (Å²) in [6.07, 6.45) is -1.15. The van der Waals surface area contributed by atoms with Crippen molar-refractivity contribution in [1.82, 2.24) is 0 Å². The zero-order valence-electron chi connectivity index (χ0n) is 9.30. The molecule has 0 heterocycles. The van der Waals surface area contributed by atoms with Gasteiger partial charge >= 0.3 is 0 Å². The Morgan fingerprint density at radius 1 is 1.00 bits per heavy atom. The summed E-state index contributed by atoms with van der Waals surface area (Å²) in [4.78, 5) is 0. The molecule has 0 bridgehead atoms. The van der Waals surface area contributed by atoms with E-state index >= 15 is 0 Å². The molecule has 1 nitrogen and oxygen atoms in total. The Hall–Kier alpha value is -0.130. The average Bonchev–Trinajstić information content (AvgIpc) is 2.36. The predicted molar refractivity (Wildman–Crippen MR) is 82.3 cm³/mol. The van der Waals surface area contributed by atoms with E-state index < -0.39 is 11.9 Å². The Morgan fingerprint density at radius 2 is 1.68 bits per heavy atom. The molecule has 1 unspecified atom stereocenters. The molecule has 100 valence electrons. The van der Waals surface area contributed by atoms with E-state index in [1.165, 1.54) is 12.1 Å². The first-order chi connectivity index (χ1) is 8.90. The number of rotatable bonds is 2. The van der Waals surface area contributed by atoms with E-state index in [9.17, 15) is 9.50 Å². The topological polar surface area (TPSA) is 20.2 Å². The van der Waals surface area contributed by atoms with Crippen LogP contribution in [0.2, 0.25) is 10.0 Å². The van der Waals surface area contributed by atoms with Gasteiger partial charge in [0.2, 0.25) is 0 Å². The molecule has 0 saturated carbocycles. The highest BCUT2D eigenvalue weighted by atomic mass is 79.9. The third-order valence-electron chi connectivity index (χ3n) is 2.59. The van der Waals surface area contributed by atoms with E-state index in [4.69, 9.17) is 23.2 Å². The molecule has 0 saturated heterocycles. The minimum absolute atomic E-state index is 0.0937. The van der Waals surface area contributed by atoms with Gasteiger partial charge in [0, 0.05) is 25.1 Å². The van der Waals surface area contributed by atoms with Gasteiger partial charge in [-0.3, -0.25) is 0 Å². The molecule has 6 heteroatoms. The van der Waals surface area contributed by atoms with E-state index in [1.807, 2.05) is 0 Å². The minimum Gasteiger partial charge on any atom is -0.384 e. The molecule has 0 spiro atoms. The van der Waals surface area contributed by atoms with Crippen molar-refractivity contribution in [1.29, 1.82) is 0 Å². The van der Waals surface area contributed by atoms with Gasteiger partial charge in [-0.1, -0.05) is 39.1 Å². The van der Waals surface area contributed by atoms with Crippen molar-refractivity contribution in [2.24, 2.45) is 0 Å². The third-order valence-corrected chi connectivity index (χ3v) is 4.74. The highest BCUT2D eigenvalue weighted by Crippen LogP contribution is 2.35. The van der Waals surface area contributed by atoms with Crippen molar-refractivity contribution in [3.05, 3.63) is 66.3 Å². The fraction of sp³-hybridized carbons (Fsp3) is 0.0769.